The molecule has 0 unspecified atom stereocenters. The summed E-state index contributed by atoms with van der Waals surface area (Å²) in [6.07, 6.45) is 5.36. The third-order valence-corrected chi connectivity index (χ3v) is 3.53. The largest absolute Gasteiger partial charge is 0.394 e. The Morgan fingerprint density at radius 2 is 2.25 bits per heavy atom. The van der Waals surface area contributed by atoms with Crippen LogP contribution in [0.15, 0.2) is 18.3 Å². The topological polar surface area (TPSA) is 65.4 Å². The van der Waals surface area contributed by atoms with Crippen LogP contribution in [0.2, 0.25) is 5.02 Å². The number of rotatable bonds is 5. The van der Waals surface area contributed by atoms with Crippen molar-refractivity contribution in [2.75, 3.05) is 19.7 Å². The van der Waals surface area contributed by atoms with Gasteiger partial charge in [-0.25, -0.2) is 0 Å². The fourth-order valence-electron chi connectivity index (χ4n) is 2.11. The van der Waals surface area contributed by atoms with E-state index in [2.05, 4.69) is 16.4 Å². The molecule has 0 aliphatic carbocycles. The first-order chi connectivity index (χ1) is 9.20. The fourth-order valence-corrected chi connectivity index (χ4v) is 2.42. The Balaban J connectivity index is 0.00000200. The molecule has 2 heterocycles. The highest BCUT2D eigenvalue weighted by atomic mass is 35.5. The van der Waals surface area contributed by atoms with Gasteiger partial charge in [0.25, 0.3) is 0 Å². The van der Waals surface area contributed by atoms with Gasteiger partial charge in [-0.05, 0) is 43.0 Å². The predicted octanol–water partition coefficient (Wildman–Crippen LogP) is 1.82. The van der Waals surface area contributed by atoms with Crippen molar-refractivity contribution in [2.45, 2.75) is 25.4 Å². The number of aliphatic hydroxyl groups excluding tert-OH is 2. The zero-order chi connectivity index (χ0) is 13.7. The summed E-state index contributed by atoms with van der Waals surface area (Å²) in [6, 6.07) is 1.90. The van der Waals surface area contributed by atoms with E-state index < -0.39 is 6.10 Å². The number of pyridine rings is 1. The van der Waals surface area contributed by atoms with Gasteiger partial charge < -0.3 is 15.5 Å². The third-order valence-electron chi connectivity index (χ3n) is 3.24. The maximum Gasteiger partial charge on any atom is 0.0845 e. The molecule has 0 radical (unpaired) electrons. The number of hydrogen-bond donors (Lipinski definition) is 3. The van der Waals surface area contributed by atoms with Gasteiger partial charge in [-0.2, -0.15) is 0 Å². The van der Waals surface area contributed by atoms with Gasteiger partial charge in [0.1, 0.15) is 0 Å². The lowest BCUT2D eigenvalue weighted by atomic mass is 10.0. The van der Waals surface area contributed by atoms with Crippen molar-refractivity contribution in [3.8, 4) is 0 Å². The van der Waals surface area contributed by atoms with Crippen LogP contribution < -0.4 is 5.32 Å². The van der Waals surface area contributed by atoms with Crippen molar-refractivity contribution in [3.05, 3.63) is 34.6 Å². The normalized spacial score (nSPS) is 16.2. The number of halogens is 2. The Bertz CT molecular complexity index is 466. The number of aromatic nitrogens is 1. The summed E-state index contributed by atoms with van der Waals surface area (Å²) in [5.74, 6) is 0. The minimum Gasteiger partial charge on any atom is -0.394 e. The molecule has 4 nitrogen and oxygen atoms in total. The van der Waals surface area contributed by atoms with Crippen molar-refractivity contribution < 1.29 is 10.2 Å². The second-order valence-electron chi connectivity index (χ2n) is 4.73. The van der Waals surface area contributed by atoms with Gasteiger partial charge in [0.05, 0.1) is 23.4 Å². The van der Waals surface area contributed by atoms with Gasteiger partial charge in [-0.3, -0.25) is 4.98 Å². The number of nitrogens with one attached hydrogen (secondary N) is 1. The highest BCUT2D eigenvalue weighted by molar-refractivity contribution is 6.32. The minimum atomic E-state index is -0.675. The molecule has 3 N–H and O–H groups in total. The number of nitrogens with zero attached hydrogens (tertiary/aromatic N) is 1. The Hall–Kier alpha value is -0.650. The molecule has 0 aromatic carbocycles. The molecule has 0 saturated heterocycles. The van der Waals surface area contributed by atoms with E-state index in [4.69, 9.17) is 16.7 Å². The van der Waals surface area contributed by atoms with Crippen LogP contribution in [-0.2, 0) is 6.42 Å². The molecule has 1 aromatic heterocycles. The molecule has 0 amide bonds. The molecule has 1 atom stereocenters. The van der Waals surface area contributed by atoms with Crippen LogP contribution in [-0.4, -0.2) is 41.0 Å². The van der Waals surface area contributed by atoms with Crippen LogP contribution in [0.5, 0.6) is 0 Å². The van der Waals surface area contributed by atoms with Gasteiger partial charge in [-0.1, -0.05) is 17.7 Å². The van der Waals surface area contributed by atoms with Crippen LogP contribution in [0.1, 0.15) is 24.1 Å². The molecule has 2 rings (SSSR count). The van der Waals surface area contributed by atoms with Crippen LogP contribution in [0, 0.1) is 0 Å². The summed E-state index contributed by atoms with van der Waals surface area (Å²) in [5, 5.41) is 22.0. The smallest absolute Gasteiger partial charge is 0.0845 e. The first-order valence-electron chi connectivity index (χ1n) is 6.54. The summed E-state index contributed by atoms with van der Waals surface area (Å²) in [7, 11) is 0. The summed E-state index contributed by atoms with van der Waals surface area (Å²) in [4.78, 5) is 4.43. The number of aryl methyl sites for hydroxylation is 1. The number of hydrogen-bond acceptors (Lipinski definition) is 4. The predicted molar refractivity (Wildman–Crippen MR) is 83.4 cm³/mol. The molecule has 6 heteroatoms. The highest BCUT2D eigenvalue weighted by Gasteiger charge is 2.12. The van der Waals surface area contributed by atoms with Crippen molar-refractivity contribution in [1.82, 2.24) is 10.3 Å². The zero-order valence-corrected chi connectivity index (χ0v) is 12.8. The van der Waals surface area contributed by atoms with Gasteiger partial charge in [0.2, 0.25) is 0 Å². The van der Waals surface area contributed by atoms with E-state index in [1.807, 2.05) is 6.07 Å². The Labute approximate surface area is 130 Å². The summed E-state index contributed by atoms with van der Waals surface area (Å²) in [6.45, 7) is 1.60. The molecule has 112 valence electrons. The Morgan fingerprint density at radius 1 is 1.45 bits per heavy atom. The summed E-state index contributed by atoms with van der Waals surface area (Å²) in [5.41, 5.74) is 3.02. The molecular weight excluding hydrogens is 299 g/mol. The van der Waals surface area contributed by atoms with Gasteiger partial charge in [-0.15, -0.1) is 12.4 Å². The second kappa shape index (κ2) is 8.60. The molecule has 20 heavy (non-hydrogen) atoms. The van der Waals surface area contributed by atoms with Gasteiger partial charge in [0, 0.05) is 12.7 Å². The first kappa shape index (κ1) is 17.4. The van der Waals surface area contributed by atoms with E-state index in [1.54, 1.807) is 6.20 Å². The Kier molecular flexibility index (Phi) is 7.48. The quantitative estimate of drug-likeness (QED) is 0.775. The van der Waals surface area contributed by atoms with Crippen LogP contribution in [0.4, 0.5) is 0 Å². The fraction of sp³-hybridized carbons (Fsp3) is 0.500. The minimum absolute atomic E-state index is 0. The molecule has 0 saturated carbocycles. The van der Waals surface area contributed by atoms with Crippen molar-refractivity contribution in [3.63, 3.8) is 0 Å². The van der Waals surface area contributed by atoms with Crippen molar-refractivity contribution in [2.24, 2.45) is 0 Å². The van der Waals surface area contributed by atoms with E-state index in [9.17, 15) is 5.11 Å². The maximum atomic E-state index is 9.33. The average Bonchev–Trinajstić information content (AvgIpc) is 2.45. The van der Waals surface area contributed by atoms with Crippen LogP contribution in [0.25, 0.3) is 5.57 Å². The van der Waals surface area contributed by atoms with Crippen molar-refractivity contribution in [1.29, 1.82) is 0 Å². The molecule has 1 aliphatic heterocycles. The molecule has 1 aliphatic rings. The van der Waals surface area contributed by atoms with E-state index >= 15 is 0 Å². The Morgan fingerprint density at radius 3 is 2.85 bits per heavy atom. The van der Waals surface area contributed by atoms with Gasteiger partial charge in [0.15, 0.2) is 0 Å². The molecular formula is C14H20Cl2N2O2. The molecule has 0 spiro atoms. The van der Waals surface area contributed by atoms with Crippen molar-refractivity contribution >= 4 is 29.6 Å². The summed E-state index contributed by atoms with van der Waals surface area (Å²) >= 11 is 6.28. The maximum absolute atomic E-state index is 9.33. The van der Waals surface area contributed by atoms with E-state index in [0.717, 1.165) is 30.8 Å². The average molecular weight is 319 g/mol. The first-order valence-corrected chi connectivity index (χ1v) is 6.92. The number of aliphatic hydroxyl groups is 2. The van der Waals surface area contributed by atoms with E-state index in [0.29, 0.717) is 17.9 Å². The lowest BCUT2D eigenvalue weighted by molar-refractivity contribution is 0.0885. The lowest BCUT2D eigenvalue weighted by Gasteiger charge is -2.15. The van der Waals surface area contributed by atoms with Gasteiger partial charge >= 0.3 is 0 Å². The molecule has 1 aromatic rings. The van der Waals surface area contributed by atoms with E-state index in [1.165, 1.54) is 5.57 Å². The molecule has 0 fully saturated rings. The van der Waals surface area contributed by atoms with E-state index in [-0.39, 0.29) is 19.0 Å². The monoisotopic (exact) mass is 318 g/mol. The zero-order valence-electron chi connectivity index (χ0n) is 11.2. The second-order valence-corrected chi connectivity index (χ2v) is 5.14. The van der Waals surface area contributed by atoms with Crippen LogP contribution >= 0.6 is 24.0 Å². The third kappa shape index (κ3) is 4.72. The summed E-state index contributed by atoms with van der Waals surface area (Å²) < 4.78 is 0. The highest BCUT2D eigenvalue weighted by Crippen LogP contribution is 2.26. The SMILES string of the molecule is Cl.OC[C@H](O)CCc1cnc(C2=CCNCC2)c(Cl)c1. The lowest BCUT2D eigenvalue weighted by Crippen LogP contribution is -2.20. The molecule has 0 bridgehead atoms. The van der Waals surface area contributed by atoms with Crippen LogP contribution in [0.3, 0.4) is 0 Å². The standard InChI is InChI=1S/C14H19ClN2O2.ClH/c15-13-7-10(1-2-12(19)9-18)8-17-14(13)11-3-5-16-6-4-11;/h3,7-8,12,16,18-19H,1-2,4-6,9H2;1H/t12-;/m1./s1.